The fraction of sp³-hybridized carbons (Fsp3) is 0.0612. The van der Waals surface area contributed by atoms with Gasteiger partial charge in [0, 0.05) is 53.3 Å². The Hall–Kier alpha value is -6.16. The van der Waals surface area contributed by atoms with Gasteiger partial charge >= 0.3 is 0 Å². The van der Waals surface area contributed by atoms with Gasteiger partial charge in [-0.05, 0) is 76.9 Å². The van der Waals surface area contributed by atoms with Crippen LogP contribution >= 0.6 is 11.3 Å². The number of rotatable bonds is 4. The lowest BCUT2D eigenvalue weighted by Crippen LogP contribution is -2.27. The summed E-state index contributed by atoms with van der Waals surface area (Å²) in [4.78, 5) is 2.58. The summed E-state index contributed by atoms with van der Waals surface area (Å²) in [6.07, 6.45) is 10.4. The summed E-state index contributed by atoms with van der Waals surface area (Å²) in [6, 6.07) is 56.0. The first kappa shape index (κ1) is 29.6. The van der Waals surface area contributed by atoms with E-state index in [2.05, 4.69) is 192 Å². The first-order chi connectivity index (χ1) is 25.7. The van der Waals surface area contributed by atoms with Gasteiger partial charge < -0.3 is 9.47 Å². The number of allylic oxidation sites excluding steroid dienone is 5. The SMILES string of the molecule is CC12C=C(N(c3ccc4c(c3)sc3ccccc34)c3cccc4c5ccccc5n(-c5ccccc5)c34)c3c(ccc4ccccc34)C1=CC=CC2. The molecule has 0 amide bonds. The van der Waals surface area contributed by atoms with Crippen molar-refractivity contribution in [3.05, 3.63) is 187 Å². The minimum atomic E-state index is -0.167. The summed E-state index contributed by atoms with van der Waals surface area (Å²) in [5.41, 5.74) is 10.9. The lowest BCUT2D eigenvalue weighted by atomic mass is 9.67. The molecule has 0 radical (unpaired) electrons. The van der Waals surface area contributed by atoms with Crippen LogP contribution in [0.2, 0.25) is 0 Å². The highest BCUT2D eigenvalue weighted by molar-refractivity contribution is 7.25. The van der Waals surface area contributed by atoms with Crippen LogP contribution in [0.15, 0.2) is 176 Å². The topological polar surface area (TPSA) is 8.17 Å². The summed E-state index contributed by atoms with van der Waals surface area (Å²) >= 11 is 1.88. The van der Waals surface area contributed by atoms with Crippen molar-refractivity contribution in [3.63, 3.8) is 0 Å². The molecule has 0 bridgehead atoms. The molecule has 2 heterocycles. The van der Waals surface area contributed by atoms with Gasteiger partial charge in [-0.2, -0.15) is 0 Å². The predicted molar refractivity (Wildman–Crippen MR) is 224 cm³/mol. The number of aromatic nitrogens is 1. The van der Waals surface area contributed by atoms with Crippen molar-refractivity contribution >= 4 is 86.7 Å². The number of thiophene rings is 1. The maximum Gasteiger partial charge on any atom is 0.0782 e. The Morgan fingerprint density at radius 2 is 1.38 bits per heavy atom. The number of hydrogen-bond acceptors (Lipinski definition) is 2. The van der Waals surface area contributed by atoms with Gasteiger partial charge in [0.2, 0.25) is 0 Å². The van der Waals surface area contributed by atoms with E-state index in [0.717, 1.165) is 23.5 Å². The van der Waals surface area contributed by atoms with Gasteiger partial charge in [-0.3, -0.25) is 0 Å². The fourth-order valence-corrected chi connectivity index (χ4v) is 10.1. The molecule has 0 spiro atoms. The average molecular weight is 683 g/mol. The molecule has 52 heavy (non-hydrogen) atoms. The highest BCUT2D eigenvalue weighted by atomic mass is 32.1. The van der Waals surface area contributed by atoms with E-state index in [4.69, 9.17) is 0 Å². The first-order valence-corrected chi connectivity index (χ1v) is 18.9. The van der Waals surface area contributed by atoms with Crippen LogP contribution in [0.5, 0.6) is 0 Å². The van der Waals surface area contributed by atoms with Gasteiger partial charge in [0.1, 0.15) is 0 Å². The molecule has 0 saturated heterocycles. The molecule has 0 N–H and O–H groups in total. The van der Waals surface area contributed by atoms with Gasteiger partial charge in [0.15, 0.2) is 0 Å². The van der Waals surface area contributed by atoms with Crippen LogP contribution in [0.25, 0.3) is 69.7 Å². The number of para-hydroxylation sites is 3. The molecule has 0 saturated carbocycles. The van der Waals surface area contributed by atoms with Gasteiger partial charge in [0.05, 0.1) is 22.4 Å². The van der Waals surface area contributed by atoms with Crippen molar-refractivity contribution in [2.24, 2.45) is 5.41 Å². The number of benzene rings is 7. The Bertz CT molecular complexity index is 3010. The lowest BCUT2D eigenvalue weighted by molar-refractivity contribution is 0.575. The van der Waals surface area contributed by atoms with Crippen LogP contribution in [0.4, 0.5) is 11.4 Å². The molecule has 9 aromatic rings. The van der Waals surface area contributed by atoms with E-state index in [9.17, 15) is 0 Å². The van der Waals surface area contributed by atoms with Crippen LogP contribution in [0, 0.1) is 5.41 Å². The lowest BCUT2D eigenvalue weighted by Gasteiger charge is -2.41. The highest BCUT2D eigenvalue weighted by Gasteiger charge is 2.38. The summed E-state index contributed by atoms with van der Waals surface area (Å²) < 4.78 is 5.08. The first-order valence-electron chi connectivity index (χ1n) is 18.1. The van der Waals surface area contributed by atoms with E-state index >= 15 is 0 Å². The number of hydrogen-bond donors (Lipinski definition) is 0. The number of nitrogens with zero attached hydrogens (tertiary/aromatic N) is 2. The molecule has 7 aromatic carbocycles. The summed E-state index contributed by atoms with van der Waals surface area (Å²) in [7, 11) is 0. The molecule has 2 aromatic heterocycles. The molecule has 3 heteroatoms. The standard InChI is InChI=1S/C49H34N2S/c1-49-29-12-11-21-41(49)40-27-25-32-14-5-6-17-35(32)47(40)44(31-49)50(34-26-28-38-37-19-8-10-24-45(37)52-46(38)30-34)43-23-13-20-39-36-18-7-9-22-42(36)51(48(39)43)33-15-3-2-4-16-33/h2-28,30-31H,29H2,1H3. The van der Waals surface area contributed by atoms with Crippen LogP contribution in [0.1, 0.15) is 24.5 Å². The highest BCUT2D eigenvalue weighted by Crippen LogP contribution is 2.55. The van der Waals surface area contributed by atoms with E-state index in [1.54, 1.807) is 0 Å². The van der Waals surface area contributed by atoms with E-state index in [1.165, 1.54) is 75.1 Å². The molecule has 2 aliphatic rings. The smallest absolute Gasteiger partial charge is 0.0782 e. The second-order valence-electron chi connectivity index (χ2n) is 14.3. The maximum absolute atomic E-state index is 2.58. The minimum Gasteiger partial charge on any atom is -0.308 e. The van der Waals surface area contributed by atoms with E-state index in [0.29, 0.717) is 0 Å². The Kier molecular flexibility index (Phi) is 6.35. The third-order valence-electron chi connectivity index (χ3n) is 11.3. The van der Waals surface area contributed by atoms with Crippen LogP contribution in [-0.2, 0) is 0 Å². The third-order valence-corrected chi connectivity index (χ3v) is 12.4. The Morgan fingerprint density at radius 1 is 0.635 bits per heavy atom. The van der Waals surface area contributed by atoms with E-state index in [-0.39, 0.29) is 5.41 Å². The molecule has 2 nitrogen and oxygen atoms in total. The van der Waals surface area contributed by atoms with Crippen molar-refractivity contribution in [2.75, 3.05) is 4.90 Å². The number of anilines is 2. The molecule has 1 atom stereocenters. The molecular formula is C49H34N2S. The zero-order valence-electron chi connectivity index (χ0n) is 28.8. The third kappa shape index (κ3) is 4.23. The van der Waals surface area contributed by atoms with Crippen molar-refractivity contribution in [3.8, 4) is 5.69 Å². The molecular weight excluding hydrogens is 649 g/mol. The monoisotopic (exact) mass is 682 g/mol. The maximum atomic E-state index is 2.58. The molecule has 0 aliphatic heterocycles. The Labute approximate surface area is 306 Å². The molecule has 246 valence electrons. The zero-order chi connectivity index (χ0) is 34.4. The molecule has 1 unspecified atom stereocenters. The second kappa shape index (κ2) is 11.2. The number of fused-ring (bicyclic) bond motifs is 11. The van der Waals surface area contributed by atoms with Gasteiger partial charge in [0.25, 0.3) is 0 Å². The van der Waals surface area contributed by atoms with Crippen molar-refractivity contribution in [1.29, 1.82) is 0 Å². The van der Waals surface area contributed by atoms with Crippen LogP contribution in [0.3, 0.4) is 0 Å². The largest absolute Gasteiger partial charge is 0.308 e. The van der Waals surface area contributed by atoms with Gasteiger partial charge in [-0.25, -0.2) is 0 Å². The van der Waals surface area contributed by atoms with Crippen molar-refractivity contribution in [2.45, 2.75) is 13.3 Å². The average Bonchev–Trinajstić information content (AvgIpc) is 3.74. The molecule has 2 aliphatic carbocycles. The Balaban J connectivity index is 1.29. The van der Waals surface area contributed by atoms with Gasteiger partial charge in [-0.15, -0.1) is 11.3 Å². The van der Waals surface area contributed by atoms with Crippen LogP contribution < -0.4 is 4.90 Å². The summed E-state index contributed by atoms with van der Waals surface area (Å²) in [5.74, 6) is 0. The zero-order valence-corrected chi connectivity index (χ0v) is 29.6. The molecule has 11 rings (SSSR count). The fourth-order valence-electron chi connectivity index (χ4n) is 8.92. The van der Waals surface area contributed by atoms with Crippen LogP contribution in [-0.4, -0.2) is 4.57 Å². The second-order valence-corrected chi connectivity index (χ2v) is 15.4. The minimum absolute atomic E-state index is 0.167. The van der Waals surface area contributed by atoms with Gasteiger partial charge in [-0.1, -0.05) is 134 Å². The molecule has 0 fully saturated rings. The van der Waals surface area contributed by atoms with E-state index in [1.807, 2.05) is 11.3 Å². The quantitative estimate of drug-likeness (QED) is 0.179. The normalized spacial score (nSPS) is 16.7. The van der Waals surface area contributed by atoms with Crippen molar-refractivity contribution in [1.82, 2.24) is 4.57 Å². The predicted octanol–water partition coefficient (Wildman–Crippen LogP) is 13.8. The van der Waals surface area contributed by atoms with E-state index < -0.39 is 0 Å². The Morgan fingerprint density at radius 3 is 2.29 bits per heavy atom. The van der Waals surface area contributed by atoms with Crippen molar-refractivity contribution < 1.29 is 0 Å². The summed E-state index contributed by atoms with van der Waals surface area (Å²) in [6.45, 7) is 2.41. The summed E-state index contributed by atoms with van der Waals surface area (Å²) in [5, 5.41) is 7.63.